The number of aliphatic hydroxyl groups is 1. The molecule has 1 atom stereocenters. The van der Waals surface area contributed by atoms with E-state index in [1.54, 1.807) is 32.9 Å². The summed E-state index contributed by atoms with van der Waals surface area (Å²) in [5, 5.41) is 16.7. The molecule has 0 aliphatic rings. The van der Waals surface area contributed by atoms with Crippen molar-refractivity contribution in [2.24, 2.45) is 0 Å². The lowest BCUT2D eigenvalue weighted by atomic mass is 10.0. The molecule has 2 aromatic carbocycles. The molecule has 1 heterocycles. The van der Waals surface area contributed by atoms with Gasteiger partial charge < -0.3 is 15.7 Å². The van der Waals surface area contributed by atoms with Crippen LogP contribution >= 0.6 is 34.8 Å². The summed E-state index contributed by atoms with van der Waals surface area (Å²) in [6, 6.07) is 9.23. The number of urea groups is 1. The number of aromatic nitrogens is 2. The third kappa shape index (κ3) is 6.27. The maximum absolute atomic E-state index is 13.5. The van der Waals surface area contributed by atoms with Crippen molar-refractivity contribution < 1.29 is 14.3 Å². The zero-order valence-corrected chi connectivity index (χ0v) is 20.9. The maximum atomic E-state index is 13.5. The van der Waals surface area contributed by atoms with Gasteiger partial charge in [-0.3, -0.25) is 0 Å². The quantitative estimate of drug-likeness (QED) is 0.319. The number of hydrogen-bond donors (Lipinski definition) is 3. The Hall–Kier alpha value is -2.65. The number of hydrogen-bond acceptors (Lipinski definition) is 5. The lowest BCUT2D eigenvalue weighted by Crippen LogP contribution is -2.40. The molecule has 0 radical (unpaired) electrons. The van der Waals surface area contributed by atoms with Gasteiger partial charge in [-0.25, -0.2) is 19.1 Å². The monoisotopic (exact) mass is 525 g/mol. The molecule has 3 N–H and O–H groups in total. The molecule has 2 amide bonds. The summed E-state index contributed by atoms with van der Waals surface area (Å²) in [4.78, 5) is 23.1. The summed E-state index contributed by atoms with van der Waals surface area (Å²) in [5.74, 6) is -0.0138. The fourth-order valence-electron chi connectivity index (χ4n) is 2.81. The molecule has 3 aromatic rings. The van der Waals surface area contributed by atoms with E-state index < -0.39 is 17.4 Å². The fraction of sp³-hybridized carbons (Fsp3) is 0.261. The van der Waals surface area contributed by atoms with E-state index in [1.165, 1.54) is 41.4 Å². The summed E-state index contributed by atoms with van der Waals surface area (Å²) in [6.45, 7) is 5.14. The van der Waals surface area contributed by atoms with Crippen LogP contribution in [0.25, 0.3) is 0 Å². The minimum atomic E-state index is -1.04. The normalized spacial score (nSPS) is 12.2. The standard InChI is InChI=1S/C23H23Cl3FN5O2/c1-13(23(2,3)34)30-21-28-11-10-18(31-21)32(16-7-5-15(27)6-8-16)22(33)29-12-14-4-9-17(24)20(26)19(14)25/h4-11,13,34H,12H2,1-3H3,(H,29,33)(H,28,30,31)/t13-/m0/s1. The number of nitrogens with one attached hydrogen (secondary N) is 2. The van der Waals surface area contributed by atoms with Crippen LogP contribution in [0.4, 0.5) is 26.6 Å². The number of nitrogens with zero attached hydrogens (tertiary/aromatic N) is 3. The Morgan fingerprint density at radius 2 is 1.79 bits per heavy atom. The van der Waals surface area contributed by atoms with Crippen LogP contribution in [-0.4, -0.2) is 32.7 Å². The molecule has 7 nitrogen and oxygen atoms in total. The SMILES string of the molecule is C[C@H](Nc1nccc(N(C(=O)NCc2ccc(Cl)c(Cl)c2Cl)c2ccc(F)cc2)n1)C(C)(C)O. The first-order valence-corrected chi connectivity index (χ1v) is 11.4. The Kier molecular flexibility index (Phi) is 8.20. The van der Waals surface area contributed by atoms with Gasteiger partial charge >= 0.3 is 6.03 Å². The zero-order chi connectivity index (χ0) is 25.0. The second-order valence-electron chi connectivity index (χ2n) is 8.06. The van der Waals surface area contributed by atoms with E-state index >= 15 is 0 Å². The molecule has 0 aliphatic carbocycles. The van der Waals surface area contributed by atoms with Crippen LogP contribution in [0, 0.1) is 5.82 Å². The molecule has 180 valence electrons. The van der Waals surface area contributed by atoms with E-state index in [4.69, 9.17) is 34.8 Å². The number of rotatable bonds is 7. The number of benzene rings is 2. The van der Waals surface area contributed by atoms with Crippen LogP contribution < -0.4 is 15.5 Å². The van der Waals surface area contributed by atoms with Gasteiger partial charge in [0, 0.05) is 18.8 Å². The van der Waals surface area contributed by atoms with Crippen molar-refractivity contribution in [1.82, 2.24) is 15.3 Å². The van der Waals surface area contributed by atoms with Crippen molar-refractivity contribution in [2.45, 2.75) is 39.0 Å². The lowest BCUT2D eigenvalue weighted by Gasteiger charge is -2.27. The van der Waals surface area contributed by atoms with Crippen molar-refractivity contribution in [1.29, 1.82) is 0 Å². The predicted octanol–water partition coefficient (Wildman–Crippen LogP) is 6.20. The van der Waals surface area contributed by atoms with E-state index in [-0.39, 0.29) is 34.4 Å². The third-order valence-corrected chi connectivity index (χ3v) is 6.44. The Labute approximate surface area is 211 Å². The van der Waals surface area contributed by atoms with E-state index in [9.17, 15) is 14.3 Å². The molecule has 0 bridgehead atoms. The number of amides is 2. The Balaban J connectivity index is 1.90. The van der Waals surface area contributed by atoms with Crippen molar-refractivity contribution in [3.63, 3.8) is 0 Å². The molecule has 34 heavy (non-hydrogen) atoms. The summed E-state index contributed by atoms with van der Waals surface area (Å²) in [5.41, 5.74) is -0.0983. The van der Waals surface area contributed by atoms with E-state index in [0.717, 1.165) is 0 Å². The van der Waals surface area contributed by atoms with Crippen LogP contribution in [-0.2, 0) is 6.54 Å². The van der Waals surface area contributed by atoms with Gasteiger partial charge in [-0.1, -0.05) is 40.9 Å². The molecular formula is C23H23Cl3FN5O2. The first kappa shape index (κ1) is 26.0. The summed E-state index contributed by atoms with van der Waals surface area (Å²) < 4.78 is 13.5. The van der Waals surface area contributed by atoms with Gasteiger partial charge in [-0.2, -0.15) is 4.98 Å². The van der Waals surface area contributed by atoms with Crippen LogP contribution in [0.5, 0.6) is 0 Å². The maximum Gasteiger partial charge on any atom is 0.327 e. The molecule has 0 spiro atoms. The van der Waals surface area contributed by atoms with Gasteiger partial charge in [0.05, 0.1) is 32.4 Å². The van der Waals surface area contributed by atoms with E-state index in [2.05, 4.69) is 20.6 Å². The molecule has 11 heteroatoms. The smallest absolute Gasteiger partial charge is 0.327 e. The number of carbonyl (C=O) groups excluding carboxylic acids is 1. The minimum absolute atomic E-state index is 0.0537. The highest BCUT2D eigenvalue weighted by Crippen LogP contribution is 2.33. The second-order valence-corrected chi connectivity index (χ2v) is 9.23. The molecular weight excluding hydrogens is 504 g/mol. The number of carbonyl (C=O) groups is 1. The van der Waals surface area contributed by atoms with Crippen LogP contribution in [0.2, 0.25) is 15.1 Å². The van der Waals surface area contributed by atoms with Crippen LogP contribution in [0.15, 0.2) is 48.7 Å². The first-order valence-electron chi connectivity index (χ1n) is 10.2. The van der Waals surface area contributed by atoms with Gasteiger partial charge in [0.2, 0.25) is 5.95 Å². The average Bonchev–Trinajstić information content (AvgIpc) is 2.78. The van der Waals surface area contributed by atoms with E-state index in [1.807, 2.05) is 0 Å². The predicted molar refractivity (Wildman–Crippen MR) is 134 cm³/mol. The first-order chi connectivity index (χ1) is 16.0. The highest BCUT2D eigenvalue weighted by molar-refractivity contribution is 6.48. The molecule has 0 saturated carbocycles. The van der Waals surface area contributed by atoms with Crippen molar-refractivity contribution in [2.75, 3.05) is 10.2 Å². The number of halogens is 4. The second kappa shape index (κ2) is 10.7. The highest BCUT2D eigenvalue weighted by Gasteiger charge is 2.24. The van der Waals surface area contributed by atoms with Gasteiger partial charge in [-0.05, 0) is 56.7 Å². The third-order valence-electron chi connectivity index (χ3n) is 5.11. The Bertz CT molecular complexity index is 1170. The number of anilines is 3. The van der Waals surface area contributed by atoms with Crippen LogP contribution in [0.1, 0.15) is 26.3 Å². The minimum Gasteiger partial charge on any atom is -0.388 e. The molecule has 0 unspecified atom stereocenters. The van der Waals surface area contributed by atoms with Gasteiger partial charge in [0.1, 0.15) is 11.6 Å². The zero-order valence-electron chi connectivity index (χ0n) is 18.6. The summed E-state index contributed by atoms with van der Waals surface area (Å²) >= 11 is 18.3. The average molecular weight is 527 g/mol. The van der Waals surface area contributed by atoms with Crippen LogP contribution in [0.3, 0.4) is 0 Å². The van der Waals surface area contributed by atoms with Crippen molar-refractivity contribution in [3.05, 3.63) is 75.1 Å². The molecule has 0 saturated heterocycles. The molecule has 1 aromatic heterocycles. The largest absolute Gasteiger partial charge is 0.388 e. The van der Waals surface area contributed by atoms with Crippen molar-refractivity contribution in [3.8, 4) is 0 Å². The summed E-state index contributed by atoms with van der Waals surface area (Å²) in [6.07, 6.45) is 1.47. The van der Waals surface area contributed by atoms with E-state index in [0.29, 0.717) is 16.3 Å². The summed E-state index contributed by atoms with van der Waals surface area (Å²) in [7, 11) is 0. The van der Waals surface area contributed by atoms with Gasteiger partial charge in [-0.15, -0.1) is 0 Å². The van der Waals surface area contributed by atoms with Gasteiger partial charge in [0.25, 0.3) is 0 Å². The fourth-order valence-corrected chi connectivity index (χ4v) is 3.43. The highest BCUT2D eigenvalue weighted by atomic mass is 35.5. The topological polar surface area (TPSA) is 90.4 Å². The Morgan fingerprint density at radius 3 is 2.44 bits per heavy atom. The van der Waals surface area contributed by atoms with Crippen molar-refractivity contribution >= 4 is 58.3 Å². The molecule has 0 fully saturated rings. The van der Waals surface area contributed by atoms with Gasteiger partial charge in [0.15, 0.2) is 0 Å². The molecule has 0 aliphatic heterocycles. The lowest BCUT2D eigenvalue weighted by molar-refractivity contribution is 0.0646. The Morgan fingerprint density at radius 1 is 1.12 bits per heavy atom. The molecule has 3 rings (SSSR count).